The molecule has 1 fully saturated rings. The van der Waals surface area contributed by atoms with E-state index in [2.05, 4.69) is 21.3 Å². The summed E-state index contributed by atoms with van der Waals surface area (Å²) in [5.74, 6) is -5.20. The summed E-state index contributed by atoms with van der Waals surface area (Å²) in [6.45, 7) is 2.25. The van der Waals surface area contributed by atoms with E-state index in [1.54, 1.807) is 0 Å². The molecule has 0 aromatic carbocycles. The Kier molecular flexibility index (Phi) is 11.6. The van der Waals surface area contributed by atoms with Gasteiger partial charge in [-0.3, -0.25) is 19.2 Å². The second-order valence-corrected chi connectivity index (χ2v) is 7.72. The van der Waals surface area contributed by atoms with Gasteiger partial charge in [-0.25, -0.2) is 4.79 Å². The maximum absolute atomic E-state index is 12.7. The highest BCUT2D eigenvalue weighted by Gasteiger charge is 2.34. The van der Waals surface area contributed by atoms with Gasteiger partial charge in [0.25, 0.3) is 0 Å². The molecule has 5 unspecified atom stereocenters. The number of hydrogen-bond donors (Lipinski definition) is 8. The molecular formula is C19H33N5O8. The highest BCUT2D eigenvalue weighted by molar-refractivity contribution is 5.95. The van der Waals surface area contributed by atoms with Crippen molar-refractivity contribution in [3.05, 3.63) is 0 Å². The van der Waals surface area contributed by atoms with Crippen molar-refractivity contribution in [1.29, 1.82) is 0 Å². The van der Waals surface area contributed by atoms with Crippen molar-refractivity contribution in [2.24, 2.45) is 5.73 Å². The van der Waals surface area contributed by atoms with Crippen LogP contribution in [0.3, 0.4) is 0 Å². The van der Waals surface area contributed by atoms with Crippen LogP contribution in [0, 0.1) is 0 Å². The second kappa shape index (κ2) is 13.6. The van der Waals surface area contributed by atoms with Gasteiger partial charge in [0.15, 0.2) is 0 Å². The number of hydrogen-bond acceptors (Lipinski definition) is 8. The first-order chi connectivity index (χ1) is 15.1. The predicted octanol–water partition coefficient (Wildman–Crippen LogP) is -2.74. The quantitative estimate of drug-likeness (QED) is 0.125. The molecule has 1 aliphatic rings. The van der Waals surface area contributed by atoms with Gasteiger partial charge >= 0.3 is 11.9 Å². The van der Waals surface area contributed by atoms with Crippen LogP contribution in [0.2, 0.25) is 0 Å². The SMILES string of the molecule is CC(O)C(NC(=O)C1CCCN1)C(=O)NC(CC(=O)O)C(=O)NC(CCCCN)C(=O)O. The van der Waals surface area contributed by atoms with E-state index in [-0.39, 0.29) is 6.42 Å². The highest BCUT2D eigenvalue weighted by Crippen LogP contribution is 2.07. The summed E-state index contributed by atoms with van der Waals surface area (Å²) in [7, 11) is 0. The molecule has 0 aromatic heterocycles. The summed E-state index contributed by atoms with van der Waals surface area (Å²) >= 11 is 0. The number of carboxylic acid groups (broad SMARTS) is 2. The number of nitrogens with one attached hydrogen (secondary N) is 4. The first-order valence-electron chi connectivity index (χ1n) is 10.5. The molecule has 0 bridgehead atoms. The van der Waals surface area contributed by atoms with Crippen LogP contribution in [-0.2, 0) is 24.0 Å². The van der Waals surface area contributed by atoms with Crippen LogP contribution < -0.4 is 27.0 Å². The Bertz CT molecular complexity index is 681. The van der Waals surface area contributed by atoms with E-state index in [1.165, 1.54) is 6.92 Å². The summed E-state index contributed by atoms with van der Waals surface area (Å²) in [5, 5.41) is 38.1. The molecule has 1 saturated heterocycles. The smallest absolute Gasteiger partial charge is 0.326 e. The van der Waals surface area contributed by atoms with Crippen molar-refractivity contribution in [3.63, 3.8) is 0 Å². The van der Waals surface area contributed by atoms with Gasteiger partial charge in [0, 0.05) is 0 Å². The lowest BCUT2D eigenvalue weighted by molar-refractivity contribution is -0.144. The van der Waals surface area contributed by atoms with E-state index in [9.17, 15) is 34.2 Å². The molecule has 1 heterocycles. The molecule has 9 N–H and O–H groups in total. The highest BCUT2D eigenvalue weighted by atomic mass is 16.4. The lowest BCUT2D eigenvalue weighted by atomic mass is 10.1. The van der Waals surface area contributed by atoms with Gasteiger partial charge in [0.2, 0.25) is 17.7 Å². The third kappa shape index (κ3) is 9.16. The first kappa shape index (κ1) is 27.3. The summed E-state index contributed by atoms with van der Waals surface area (Å²) in [6, 6.07) is -4.86. The van der Waals surface area contributed by atoms with Crippen LogP contribution in [-0.4, -0.2) is 88.3 Å². The second-order valence-electron chi connectivity index (χ2n) is 7.72. The van der Waals surface area contributed by atoms with Crippen molar-refractivity contribution in [2.45, 2.75) is 75.7 Å². The Morgan fingerprint density at radius 3 is 2.19 bits per heavy atom. The molecule has 1 aliphatic heterocycles. The molecule has 0 aliphatic carbocycles. The molecule has 0 spiro atoms. The molecule has 182 valence electrons. The number of carboxylic acids is 2. The van der Waals surface area contributed by atoms with Gasteiger partial charge in [0.1, 0.15) is 18.1 Å². The van der Waals surface area contributed by atoms with Crippen LogP contribution in [0.25, 0.3) is 0 Å². The van der Waals surface area contributed by atoms with E-state index in [0.717, 1.165) is 6.42 Å². The zero-order valence-electron chi connectivity index (χ0n) is 18.0. The maximum atomic E-state index is 12.7. The fourth-order valence-electron chi connectivity index (χ4n) is 3.24. The van der Waals surface area contributed by atoms with E-state index < -0.39 is 66.4 Å². The molecule has 13 nitrogen and oxygen atoms in total. The number of carbonyl (C=O) groups excluding carboxylic acids is 3. The van der Waals surface area contributed by atoms with E-state index in [1.807, 2.05) is 0 Å². The molecule has 0 saturated carbocycles. The number of unbranched alkanes of at least 4 members (excludes halogenated alkanes) is 1. The number of amides is 3. The molecule has 3 amide bonds. The summed E-state index contributed by atoms with van der Waals surface area (Å²) < 4.78 is 0. The largest absolute Gasteiger partial charge is 0.481 e. The molecule has 0 aromatic rings. The van der Waals surface area contributed by atoms with Crippen molar-refractivity contribution < 1.29 is 39.3 Å². The van der Waals surface area contributed by atoms with E-state index in [0.29, 0.717) is 32.4 Å². The number of carbonyl (C=O) groups is 5. The normalized spacial score (nSPS) is 19.3. The lowest BCUT2D eigenvalue weighted by Gasteiger charge is -2.26. The van der Waals surface area contributed by atoms with Gasteiger partial charge in [-0.05, 0) is 52.1 Å². The van der Waals surface area contributed by atoms with E-state index >= 15 is 0 Å². The minimum absolute atomic E-state index is 0.0761. The number of nitrogens with two attached hydrogens (primary N) is 1. The molecule has 1 rings (SSSR count). The summed E-state index contributed by atoms with van der Waals surface area (Å²) in [4.78, 5) is 60.1. The van der Waals surface area contributed by atoms with Crippen molar-refractivity contribution in [2.75, 3.05) is 13.1 Å². The van der Waals surface area contributed by atoms with Crippen LogP contribution in [0.4, 0.5) is 0 Å². The van der Waals surface area contributed by atoms with Gasteiger partial charge < -0.3 is 42.3 Å². The van der Waals surface area contributed by atoms with Gasteiger partial charge in [-0.1, -0.05) is 0 Å². The first-order valence-corrected chi connectivity index (χ1v) is 10.5. The molecular weight excluding hydrogens is 426 g/mol. The minimum atomic E-state index is -1.61. The summed E-state index contributed by atoms with van der Waals surface area (Å²) in [6.07, 6.45) is 0.224. The van der Waals surface area contributed by atoms with Crippen LogP contribution >= 0.6 is 0 Å². The monoisotopic (exact) mass is 459 g/mol. The third-order valence-corrected chi connectivity index (χ3v) is 5.01. The average Bonchev–Trinajstić information content (AvgIpc) is 3.24. The Labute approximate surface area is 185 Å². The predicted molar refractivity (Wildman–Crippen MR) is 111 cm³/mol. The fourth-order valence-corrected chi connectivity index (χ4v) is 3.24. The van der Waals surface area contributed by atoms with Gasteiger partial charge in [-0.2, -0.15) is 0 Å². The average molecular weight is 460 g/mol. The topological polar surface area (TPSA) is 220 Å². The summed E-state index contributed by atoms with van der Waals surface area (Å²) in [5.41, 5.74) is 5.38. The third-order valence-electron chi connectivity index (χ3n) is 5.01. The van der Waals surface area contributed by atoms with E-state index in [4.69, 9.17) is 10.8 Å². The van der Waals surface area contributed by atoms with Crippen molar-refractivity contribution >= 4 is 29.7 Å². The molecule has 32 heavy (non-hydrogen) atoms. The number of aliphatic hydroxyl groups excluding tert-OH is 1. The Hall–Kier alpha value is -2.77. The number of aliphatic hydroxyl groups is 1. The Morgan fingerprint density at radius 2 is 1.69 bits per heavy atom. The molecule has 13 heteroatoms. The number of aliphatic carboxylic acids is 2. The number of rotatable bonds is 14. The van der Waals surface area contributed by atoms with Gasteiger partial charge in [-0.15, -0.1) is 0 Å². The lowest BCUT2D eigenvalue weighted by Crippen LogP contribution is -2.60. The molecule has 5 atom stereocenters. The van der Waals surface area contributed by atoms with Crippen LogP contribution in [0.1, 0.15) is 45.4 Å². The fraction of sp³-hybridized carbons (Fsp3) is 0.737. The standard InChI is InChI=1S/C19H33N5O8/c1-10(25)15(24-16(28)11-6-4-8-21-11)18(30)23-13(9-14(26)27)17(29)22-12(19(31)32)5-2-3-7-20/h10-13,15,21,25H,2-9,20H2,1H3,(H,22,29)(H,23,30)(H,24,28)(H,26,27)(H,31,32). The van der Waals surface area contributed by atoms with Crippen molar-refractivity contribution in [3.8, 4) is 0 Å². The minimum Gasteiger partial charge on any atom is -0.481 e. The van der Waals surface area contributed by atoms with Crippen molar-refractivity contribution in [1.82, 2.24) is 21.3 Å². The zero-order chi connectivity index (χ0) is 24.3. The van der Waals surface area contributed by atoms with Crippen LogP contribution in [0.15, 0.2) is 0 Å². The zero-order valence-corrected chi connectivity index (χ0v) is 18.0. The van der Waals surface area contributed by atoms with Crippen LogP contribution in [0.5, 0.6) is 0 Å². The Balaban J connectivity index is 2.85. The van der Waals surface area contributed by atoms with Gasteiger partial charge in [0.05, 0.1) is 18.6 Å². The Morgan fingerprint density at radius 1 is 1.03 bits per heavy atom. The maximum Gasteiger partial charge on any atom is 0.326 e. The molecule has 0 radical (unpaired) electrons.